The molecule has 0 aromatic carbocycles. The van der Waals surface area contributed by atoms with Crippen LogP contribution in [0.4, 0.5) is 0 Å². The van der Waals surface area contributed by atoms with E-state index in [4.69, 9.17) is 0 Å². The molecule has 0 radical (unpaired) electrons. The SMILES string of the molecule is CC(=O)[C@H]1C[C@H]2CC[C@H]([C@H]1c1cccs1)N2C.Cl. The van der Waals surface area contributed by atoms with Gasteiger partial charge in [-0.1, -0.05) is 6.07 Å². The van der Waals surface area contributed by atoms with Crippen LogP contribution in [0.1, 0.15) is 37.0 Å². The molecule has 1 aromatic rings. The summed E-state index contributed by atoms with van der Waals surface area (Å²) in [5, 5.41) is 2.13. The molecule has 1 aromatic heterocycles. The molecule has 2 fully saturated rings. The predicted octanol–water partition coefficient (Wildman–Crippen LogP) is 3.33. The third-order valence-corrected chi connectivity index (χ3v) is 5.64. The number of hydrogen-bond donors (Lipinski definition) is 0. The van der Waals surface area contributed by atoms with E-state index in [1.165, 1.54) is 17.7 Å². The number of likely N-dealkylation sites (N-methyl/N-ethyl adjacent to an activating group) is 1. The van der Waals surface area contributed by atoms with Crippen LogP contribution in [0.15, 0.2) is 17.5 Å². The molecule has 2 nitrogen and oxygen atoms in total. The Labute approximate surface area is 119 Å². The van der Waals surface area contributed by atoms with Crippen molar-refractivity contribution in [2.24, 2.45) is 5.92 Å². The number of fused-ring (bicyclic) bond motifs is 2. The van der Waals surface area contributed by atoms with E-state index >= 15 is 0 Å². The zero-order valence-corrected chi connectivity index (χ0v) is 12.5. The average Bonchev–Trinajstić information content (AvgIpc) is 2.87. The lowest BCUT2D eigenvalue weighted by Crippen LogP contribution is -2.46. The maximum Gasteiger partial charge on any atom is 0.133 e. The van der Waals surface area contributed by atoms with Gasteiger partial charge in [-0.25, -0.2) is 0 Å². The Morgan fingerprint density at radius 2 is 2.22 bits per heavy atom. The first-order valence-corrected chi connectivity index (χ1v) is 7.32. The fraction of sp³-hybridized carbons (Fsp3) is 0.643. The summed E-state index contributed by atoms with van der Waals surface area (Å²) < 4.78 is 0. The van der Waals surface area contributed by atoms with Crippen LogP contribution in [0.3, 0.4) is 0 Å². The Balaban J connectivity index is 0.00000120. The van der Waals surface area contributed by atoms with Gasteiger partial charge >= 0.3 is 0 Å². The third-order valence-electron chi connectivity index (χ3n) is 4.66. The van der Waals surface area contributed by atoms with Gasteiger partial charge in [0.05, 0.1) is 0 Å². The first-order valence-electron chi connectivity index (χ1n) is 6.44. The minimum absolute atomic E-state index is 0. The van der Waals surface area contributed by atoms with Crippen molar-refractivity contribution in [3.63, 3.8) is 0 Å². The molecule has 2 bridgehead atoms. The minimum Gasteiger partial charge on any atom is -0.300 e. The Morgan fingerprint density at radius 3 is 2.83 bits per heavy atom. The third kappa shape index (κ3) is 2.13. The molecule has 0 N–H and O–H groups in total. The van der Waals surface area contributed by atoms with Crippen molar-refractivity contribution in [2.45, 2.75) is 44.2 Å². The standard InChI is InChI=1S/C14H19NOS.ClH/c1-9(16)11-8-10-5-6-12(15(10)2)14(11)13-4-3-7-17-13;/h3-4,7,10-12,14H,5-6,8H2,1-2H3;1H/t10-,11-,12-,14+;/m1./s1. The van der Waals surface area contributed by atoms with Crippen LogP contribution in [0.5, 0.6) is 0 Å². The summed E-state index contributed by atoms with van der Waals surface area (Å²) >= 11 is 1.81. The molecule has 0 spiro atoms. The van der Waals surface area contributed by atoms with Crippen LogP contribution in [-0.2, 0) is 4.79 Å². The molecule has 18 heavy (non-hydrogen) atoms. The quantitative estimate of drug-likeness (QED) is 0.831. The summed E-state index contributed by atoms with van der Waals surface area (Å²) in [4.78, 5) is 15.8. The molecule has 4 atom stereocenters. The highest BCUT2D eigenvalue weighted by atomic mass is 35.5. The maximum atomic E-state index is 11.9. The zero-order chi connectivity index (χ0) is 12.0. The molecule has 4 heteroatoms. The number of rotatable bonds is 2. The van der Waals surface area contributed by atoms with Gasteiger partial charge in [-0.3, -0.25) is 9.69 Å². The summed E-state index contributed by atoms with van der Waals surface area (Å²) in [5.41, 5.74) is 0. The Kier molecular flexibility index (Phi) is 4.15. The van der Waals surface area contributed by atoms with E-state index in [9.17, 15) is 4.79 Å². The molecule has 3 heterocycles. The fourth-order valence-electron chi connectivity index (χ4n) is 3.75. The van der Waals surface area contributed by atoms with Crippen LogP contribution in [-0.4, -0.2) is 29.8 Å². The van der Waals surface area contributed by atoms with Crippen LogP contribution >= 0.6 is 23.7 Å². The fourth-order valence-corrected chi connectivity index (χ4v) is 4.70. The van der Waals surface area contributed by atoms with Crippen LogP contribution in [0.25, 0.3) is 0 Å². The maximum absolute atomic E-state index is 11.9. The number of Topliss-reactive ketones (excluding diaryl/α,β-unsaturated/α-hetero) is 1. The number of halogens is 1. The van der Waals surface area contributed by atoms with Gasteiger partial charge in [0.15, 0.2) is 0 Å². The molecular formula is C14H20ClNOS. The van der Waals surface area contributed by atoms with Gasteiger partial charge in [-0.2, -0.15) is 0 Å². The van der Waals surface area contributed by atoms with Gasteiger partial charge in [0.25, 0.3) is 0 Å². The molecule has 0 unspecified atom stereocenters. The van der Waals surface area contributed by atoms with Gasteiger partial charge in [0.2, 0.25) is 0 Å². The largest absolute Gasteiger partial charge is 0.300 e. The van der Waals surface area contributed by atoms with Gasteiger partial charge < -0.3 is 0 Å². The smallest absolute Gasteiger partial charge is 0.133 e. The van der Waals surface area contributed by atoms with E-state index in [1.54, 1.807) is 6.92 Å². The summed E-state index contributed by atoms with van der Waals surface area (Å²) in [6, 6.07) is 5.54. The van der Waals surface area contributed by atoms with E-state index < -0.39 is 0 Å². The Morgan fingerprint density at radius 1 is 1.44 bits per heavy atom. The lowest BCUT2D eigenvalue weighted by atomic mass is 9.77. The molecule has 0 saturated carbocycles. The molecule has 3 rings (SSSR count). The zero-order valence-electron chi connectivity index (χ0n) is 10.8. The van der Waals surface area contributed by atoms with Crippen LogP contribution in [0, 0.1) is 5.92 Å². The molecule has 2 aliphatic rings. The number of ketones is 1. The van der Waals surface area contributed by atoms with E-state index in [-0.39, 0.29) is 18.3 Å². The normalized spacial score (nSPS) is 35.2. The first-order chi connectivity index (χ1) is 8.18. The number of carbonyl (C=O) groups is 1. The van der Waals surface area contributed by atoms with E-state index in [0.717, 1.165) is 6.42 Å². The second-order valence-electron chi connectivity index (χ2n) is 5.46. The lowest BCUT2D eigenvalue weighted by Gasteiger charge is -2.41. The summed E-state index contributed by atoms with van der Waals surface area (Å²) in [6.07, 6.45) is 3.59. The lowest BCUT2D eigenvalue weighted by molar-refractivity contribution is -0.123. The number of thiophene rings is 1. The number of carbonyl (C=O) groups excluding carboxylic acids is 1. The Bertz CT molecular complexity index is 419. The van der Waals surface area contributed by atoms with Gasteiger partial charge in [0, 0.05) is 28.8 Å². The van der Waals surface area contributed by atoms with Crippen LogP contribution in [0.2, 0.25) is 0 Å². The molecule has 0 aliphatic carbocycles. The van der Waals surface area contributed by atoms with Gasteiger partial charge in [-0.15, -0.1) is 23.7 Å². The van der Waals surface area contributed by atoms with Crippen molar-refractivity contribution >= 4 is 29.5 Å². The highest BCUT2D eigenvalue weighted by molar-refractivity contribution is 7.10. The monoisotopic (exact) mass is 285 g/mol. The highest BCUT2D eigenvalue weighted by Gasteiger charge is 2.47. The predicted molar refractivity (Wildman–Crippen MR) is 77.7 cm³/mol. The Hall–Kier alpha value is -0.380. The molecule has 0 amide bonds. The minimum atomic E-state index is 0. The second-order valence-corrected chi connectivity index (χ2v) is 6.44. The summed E-state index contributed by atoms with van der Waals surface area (Å²) in [6.45, 7) is 1.77. The van der Waals surface area contributed by atoms with E-state index in [0.29, 0.717) is 23.8 Å². The van der Waals surface area contributed by atoms with Crippen molar-refractivity contribution in [3.05, 3.63) is 22.4 Å². The number of hydrogen-bond acceptors (Lipinski definition) is 3. The first kappa shape index (κ1) is 14.0. The summed E-state index contributed by atoms with van der Waals surface area (Å²) in [7, 11) is 2.24. The van der Waals surface area contributed by atoms with E-state index in [1.807, 2.05) is 11.3 Å². The van der Waals surface area contributed by atoms with Crippen molar-refractivity contribution in [3.8, 4) is 0 Å². The van der Waals surface area contributed by atoms with Crippen molar-refractivity contribution < 1.29 is 4.79 Å². The molecular weight excluding hydrogens is 266 g/mol. The second kappa shape index (κ2) is 5.32. The van der Waals surface area contributed by atoms with Gasteiger partial charge in [0.1, 0.15) is 5.78 Å². The summed E-state index contributed by atoms with van der Waals surface area (Å²) in [5.74, 6) is 1.08. The topological polar surface area (TPSA) is 20.3 Å². The number of nitrogens with zero attached hydrogens (tertiary/aromatic N) is 1. The molecule has 100 valence electrons. The van der Waals surface area contributed by atoms with Crippen molar-refractivity contribution in [2.75, 3.05) is 7.05 Å². The molecule has 2 saturated heterocycles. The average molecular weight is 286 g/mol. The van der Waals surface area contributed by atoms with E-state index in [2.05, 4.69) is 29.5 Å². The van der Waals surface area contributed by atoms with Crippen molar-refractivity contribution in [1.82, 2.24) is 4.90 Å². The molecule has 2 aliphatic heterocycles. The number of piperidine rings is 1. The van der Waals surface area contributed by atoms with Crippen LogP contribution < -0.4 is 0 Å². The van der Waals surface area contributed by atoms with Gasteiger partial charge in [-0.05, 0) is 44.7 Å². The van der Waals surface area contributed by atoms with Crippen molar-refractivity contribution in [1.29, 1.82) is 0 Å². The highest BCUT2D eigenvalue weighted by Crippen LogP contribution is 2.47.